The quantitative estimate of drug-likeness (QED) is 0.208. The highest BCUT2D eigenvalue weighted by Gasteiger charge is 2.26. The molecule has 0 saturated carbocycles. The highest BCUT2D eigenvalue weighted by atomic mass is 31.1. The van der Waals surface area contributed by atoms with Gasteiger partial charge in [-0.2, -0.15) is 0 Å². The zero-order valence-electron chi connectivity index (χ0n) is 24.2. The second kappa shape index (κ2) is 10.5. The molecule has 6 aromatic rings. The van der Waals surface area contributed by atoms with Gasteiger partial charge in [0.15, 0.2) is 0 Å². The SMILES string of the molecule is CN(C)c1cccc2cccc(P(c3cccc4cccc(N(C)C)c34)c3cccc4cccc(N(C)C)c34)c12. The molecule has 0 fully saturated rings. The standard InChI is InChI=1S/C36H36N3P/c1-37(2)28-19-7-13-25-16-10-22-31(34(25)28)40(32-23-11-17-26-14-8-20-29(35(26)32)38(3)4)33-24-12-18-27-15-9-21-30(36(27)33)39(5)6/h7-24H,1-6H3. The van der Waals surface area contributed by atoms with E-state index in [-0.39, 0.29) is 0 Å². The highest BCUT2D eigenvalue weighted by Crippen LogP contribution is 2.44. The minimum Gasteiger partial charge on any atom is -0.377 e. The van der Waals surface area contributed by atoms with Gasteiger partial charge in [0.25, 0.3) is 0 Å². The largest absolute Gasteiger partial charge is 0.377 e. The summed E-state index contributed by atoms with van der Waals surface area (Å²) in [5.41, 5.74) is 3.75. The lowest BCUT2D eigenvalue weighted by atomic mass is 10.1. The van der Waals surface area contributed by atoms with Gasteiger partial charge >= 0.3 is 0 Å². The lowest BCUT2D eigenvalue weighted by Gasteiger charge is -2.29. The van der Waals surface area contributed by atoms with Gasteiger partial charge in [0.05, 0.1) is 0 Å². The Morgan fingerprint density at radius 1 is 0.350 bits per heavy atom. The van der Waals surface area contributed by atoms with Crippen LogP contribution in [-0.4, -0.2) is 42.3 Å². The highest BCUT2D eigenvalue weighted by molar-refractivity contribution is 7.81. The predicted octanol–water partition coefficient (Wildman–Crippen LogP) is 7.10. The molecular weight excluding hydrogens is 505 g/mol. The molecule has 200 valence electrons. The molecule has 6 aromatic carbocycles. The average Bonchev–Trinajstić information content (AvgIpc) is 2.96. The third-order valence-corrected chi connectivity index (χ3v) is 10.3. The van der Waals surface area contributed by atoms with E-state index in [2.05, 4.69) is 166 Å². The van der Waals surface area contributed by atoms with Gasteiger partial charge in [0.2, 0.25) is 0 Å². The molecule has 0 aliphatic rings. The van der Waals surface area contributed by atoms with Gasteiger partial charge in [0, 0.05) is 75.5 Å². The summed E-state index contributed by atoms with van der Waals surface area (Å²) in [7, 11) is 12.0. The molecule has 0 radical (unpaired) electrons. The van der Waals surface area contributed by atoms with E-state index < -0.39 is 7.92 Å². The summed E-state index contributed by atoms with van der Waals surface area (Å²) in [6.45, 7) is 0. The minimum atomic E-state index is -0.948. The fraction of sp³-hybridized carbons (Fsp3) is 0.167. The Hall–Kier alpha value is -4.07. The van der Waals surface area contributed by atoms with Gasteiger partial charge in [-0.05, 0) is 58.2 Å². The van der Waals surface area contributed by atoms with Gasteiger partial charge in [-0.1, -0.05) is 91.0 Å². The Kier molecular flexibility index (Phi) is 6.86. The topological polar surface area (TPSA) is 9.72 Å². The monoisotopic (exact) mass is 541 g/mol. The Morgan fingerprint density at radius 2 is 0.600 bits per heavy atom. The van der Waals surface area contributed by atoms with Crippen LogP contribution in [-0.2, 0) is 0 Å². The van der Waals surface area contributed by atoms with Gasteiger partial charge in [-0.15, -0.1) is 0 Å². The minimum absolute atomic E-state index is 0.948. The smallest absolute Gasteiger partial charge is 0.0447 e. The van der Waals surface area contributed by atoms with Gasteiger partial charge in [-0.3, -0.25) is 0 Å². The Bertz CT molecular complexity index is 1620. The summed E-state index contributed by atoms with van der Waals surface area (Å²) in [5.74, 6) is 0. The Labute approximate surface area is 239 Å². The molecule has 4 heteroatoms. The van der Waals surface area contributed by atoms with Gasteiger partial charge in [-0.25, -0.2) is 0 Å². The molecule has 0 bridgehead atoms. The molecule has 0 aromatic heterocycles. The fourth-order valence-electron chi connectivity index (χ4n) is 5.97. The molecule has 0 atom stereocenters. The van der Waals surface area contributed by atoms with Crippen molar-refractivity contribution < 1.29 is 0 Å². The van der Waals surface area contributed by atoms with E-state index in [1.165, 1.54) is 65.3 Å². The number of anilines is 3. The molecule has 0 heterocycles. The van der Waals surface area contributed by atoms with Crippen LogP contribution in [0.3, 0.4) is 0 Å². The molecule has 0 unspecified atom stereocenters. The normalized spacial score (nSPS) is 11.5. The zero-order chi connectivity index (χ0) is 28.0. The molecule has 0 saturated heterocycles. The van der Waals surface area contributed by atoms with Crippen molar-refractivity contribution >= 4 is 73.2 Å². The number of nitrogens with zero attached hydrogens (tertiary/aromatic N) is 3. The first-order valence-corrected chi connectivity index (χ1v) is 15.1. The van der Waals surface area contributed by atoms with Gasteiger partial charge in [0.1, 0.15) is 0 Å². The van der Waals surface area contributed by atoms with Crippen LogP contribution < -0.4 is 30.6 Å². The summed E-state index contributed by atoms with van der Waals surface area (Å²) in [5, 5.41) is 12.0. The first-order chi connectivity index (χ1) is 19.4. The number of fused-ring (bicyclic) bond motifs is 3. The maximum absolute atomic E-state index is 2.37. The molecule has 3 nitrogen and oxygen atoms in total. The maximum Gasteiger partial charge on any atom is 0.0447 e. The van der Waals surface area contributed by atoms with Crippen molar-refractivity contribution in [3.63, 3.8) is 0 Å². The number of benzene rings is 6. The lowest BCUT2D eigenvalue weighted by Crippen LogP contribution is -2.25. The van der Waals surface area contributed by atoms with Crippen LogP contribution in [0.2, 0.25) is 0 Å². The average molecular weight is 542 g/mol. The van der Waals surface area contributed by atoms with E-state index in [1.54, 1.807) is 0 Å². The van der Waals surface area contributed by atoms with E-state index in [0.717, 1.165) is 0 Å². The first-order valence-electron chi connectivity index (χ1n) is 13.7. The number of hydrogen-bond acceptors (Lipinski definition) is 3. The Balaban J connectivity index is 1.82. The number of hydrogen-bond donors (Lipinski definition) is 0. The first kappa shape index (κ1) is 26.2. The van der Waals surface area contributed by atoms with Crippen molar-refractivity contribution in [1.82, 2.24) is 0 Å². The second-order valence-electron chi connectivity index (χ2n) is 11.0. The van der Waals surface area contributed by atoms with Crippen LogP contribution in [0.15, 0.2) is 109 Å². The van der Waals surface area contributed by atoms with Crippen molar-refractivity contribution in [2.45, 2.75) is 0 Å². The molecule has 0 aliphatic heterocycles. The lowest BCUT2D eigenvalue weighted by molar-refractivity contribution is 1.14. The summed E-state index contributed by atoms with van der Waals surface area (Å²) in [4.78, 5) is 6.76. The van der Waals surface area contributed by atoms with Crippen molar-refractivity contribution in [2.75, 3.05) is 57.0 Å². The van der Waals surface area contributed by atoms with Crippen molar-refractivity contribution in [3.05, 3.63) is 109 Å². The van der Waals surface area contributed by atoms with Crippen LogP contribution in [0.25, 0.3) is 32.3 Å². The van der Waals surface area contributed by atoms with E-state index in [0.29, 0.717) is 0 Å². The van der Waals surface area contributed by atoms with E-state index in [4.69, 9.17) is 0 Å². The summed E-state index contributed by atoms with van der Waals surface area (Å²) >= 11 is 0. The van der Waals surface area contributed by atoms with Crippen molar-refractivity contribution in [1.29, 1.82) is 0 Å². The van der Waals surface area contributed by atoms with E-state index >= 15 is 0 Å². The summed E-state index contributed by atoms with van der Waals surface area (Å²) < 4.78 is 0. The van der Waals surface area contributed by atoms with Crippen LogP contribution >= 0.6 is 7.92 Å². The molecular formula is C36H36N3P. The molecule has 6 rings (SSSR count). The van der Waals surface area contributed by atoms with Crippen molar-refractivity contribution in [2.24, 2.45) is 0 Å². The van der Waals surface area contributed by atoms with Crippen LogP contribution in [0, 0.1) is 0 Å². The van der Waals surface area contributed by atoms with Crippen LogP contribution in [0.1, 0.15) is 0 Å². The van der Waals surface area contributed by atoms with Crippen LogP contribution in [0.4, 0.5) is 17.1 Å². The second-order valence-corrected chi connectivity index (χ2v) is 13.1. The third kappa shape index (κ3) is 4.35. The molecule has 0 aliphatic carbocycles. The molecule has 40 heavy (non-hydrogen) atoms. The fourth-order valence-corrected chi connectivity index (χ4v) is 8.86. The molecule has 0 N–H and O–H groups in total. The third-order valence-electron chi connectivity index (χ3n) is 7.75. The predicted molar refractivity (Wildman–Crippen MR) is 181 cm³/mol. The Morgan fingerprint density at radius 3 is 0.850 bits per heavy atom. The number of rotatable bonds is 6. The molecule has 0 amide bonds. The summed E-state index contributed by atoms with van der Waals surface area (Å²) in [6, 6.07) is 40.6. The van der Waals surface area contributed by atoms with Crippen molar-refractivity contribution in [3.8, 4) is 0 Å². The zero-order valence-corrected chi connectivity index (χ0v) is 25.1. The van der Waals surface area contributed by atoms with E-state index in [1.807, 2.05) is 0 Å². The summed E-state index contributed by atoms with van der Waals surface area (Å²) in [6.07, 6.45) is 0. The van der Waals surface area contributed by atoms with Crippen LogP contribution in [0.5, 0.6) is 0 Å². The molecule has 0 spiro atoms. The van der Waals surface area contributed by atoms with E-state index in [9.17, 15) is 0 Å². The van der Waals surface area contributed by atoms with Gasteiger partial charge < -0.3 is 14.7 Å². The maximum atomic E-state index is 2.37.